The minimum atomic E-state index is -4.71. The number of alkyl halides is 3. The number of amides is 2. The fraction of sp³-hybridized carbons (Fsp3) is 0.323. The van der Waals surface area contributed by atoms with Crippen LogP contribution in [0.15, 0.2) is 59.7 Å². The van der Waals surface area contributed by atoms with Crippen LogP contribution in [-0.2, 0) is 24.6 Å². The Kier molecular flexibility index (Phi) is 10.1. The highest BCUT2D eigenvalue weighted by Crippen LogP contribution is 2.37. The zero-order valence-electron chi connectivity index (χ0n) is 25.9. The number of H-pyrrole nitrogens is 1. The average molecular weight is 651 g/mol. The Morgan fingerprint density at radius 3 is 2.70 bits per heavy atom. The lowest BCUT2D eigenvalue weighted by Gasteiger charge is -2.15. The topological polar surface area (TPSA) is 160 Å². The van der Waals surface area contributed by atoms with E-state index in [1.54, 1.807) is 19.3 Å². The van der Waals surface area contributed by atoms with Gasteiger partial charge in [0, 0.05) is 31.5 Å². The zero-order valence-corrected chi connectivity index (χ0v) is 25.9. The third kappa shape index (κ3) is 8.26. The predicted octanol–water partition coefficient (Wildman–Crippen LogP) is 4.97. The third-order valence-corrected chi connectivity index (χ3v) is 7.17. The van der Waals surface area contributed by atoms with Crippen LogP contribution in [0.3, 0.4) is 0 Å². The van der Waals surface area contributed by atoms with Gasteiger partial charge in [-0.25, -0.2) is 9.97 Å². The maximum Gasteiger partial charge on any atom is 0.416 e. The SMILES string of the molecule is CN(C)CCCCC/C=C/C(=O)Nc1cn(C)nc1-c1nc2nccc(-c3ccc(CNC(=O)c4ncno4)c(C(F)(F)F)c3)c2[nH]1. The van der Waals surface area contributed by atoms with Gasteiger partial charge in [-0.15, -0.1) is 0 Å². The van der Waals surface area contributed by atoms with E-state index in [2.05, 4.69) is 50.2 Å². The van der Waals surface area contributed by atoms with Gasteiger partial charge in [0.05, 0.1) is 16.8 Å². The molecule has 13 nitrogen and oxygen atoms in total. The largest absolute Gasteiger partial charge is 0.416 e. The maximum atomic E-state index is 14.2. The molecule has 0 saturated heterocycles. The van der Waals surface area contributed by atoms with Crippen molar-refractivity contribution in [3.63, 3.8) is 0 Å². The number of benzene rings is 1. The van der Waals surface area contributed by atoms with Crippen molar-refractivity contribution in [2.24, 2.45) is 7.05 Å². The first-order valence-electron chi connectivity index (χ1n) is 14.8. The Morgan fingerprint density at radius 1 is 1.13 bits per heavy atom. The first-order valence-corrected chi connectivity index (χ1v) is 14.8. The molecular weight excluding hydrogens is 617 g/mol. The molecule has 47 heavy (non-hydrogen) atoms. The van der Waals surface area contributed by atoms with Gasteiger partial charge in [0.25, 0.3) is 0 Å². The van der Waals surface area contributed by atoms with Crippen LogP contribution in [0.25, 0.3) is 33.8 Å². The number of aromatic amines is 1. The standard InChI is InChI=1S/C31H33F3N10O3/c1-43(2)14-8-6-4-5-7-9-24(45)39-23-17-44(3)42-26(23)28-40-25-21(12-13-35-27(25)41-28)19-10-11-20(22(15-19)31(32,33)34)16-36-29(46)30-37-18-38-47-30/h7,9-13,15,17-18H,4-6,8,14,16H2,1-3H3,(H,36,46)(H,39,45)(H,35,40,41)/b9-7+. The van der Waals surface area contributed by atoms with Crippen LogP contribution >= 0.6 is 0 Å². The molecule has 0 radical (unpaired) electrons. The molecule has 0 aliphatic carbocycles. The average Bonchev–Trinajstić information content (AvgIpc) is 3.79. The number of rotatable bonds is 13. The number of carbonyl (C=O) groups excluding carboxylic acids is 2. The number of nitrogens with one attached hydrogen (secondary N) is 3. The van der Waals surface area contributed by atoms with Crippen molar-refractivity contribution in [1.29, 1.82) is 0 Å². The lowest BCUT2D eigenvalue weighted by atomic mass is 9.98. The fourth-order valence-corrected chi connectivity index (χ4v) is 4.94. The van der Waals surface area contributed by atoms with Crippen molar-refractivity contribution < 1.29 is 27.3 Å². The molecule has 4 heterocycles. The van der Waals surface area contributed by atoms with Crippen molar-refractivity contribution in [3.8, 4) is 22.6 Å². The number of aromatic nitrogens is 7. The van der Waals surface area contributed by atoms with Crippen molar-refractivity contribution >= 4 is 28.7 Å². The van der Waals surface area contributed by atoms with Gasteiger partial charge in [0.15, 0.2) is 23.5 Å². The van der Waals surface area contributed by atoms with E-state index in [-0.39, 0.29) is 34.4 Å². The van der Waals surface area contributed by atoms with E-state index in [9.17, 15) is 22.8 Å². The Morgan fingerprint density at radius 2 is 1.96 bits per heavy atom. The van der Waals surface area contributed by atoms with Crippen molar-refractivity contribution in [1.82, 2.24) is 45.1 Å². The number of carbonyl (C=O) groups is 2. The van der Waals surface area contributed by atoms with Crippen LogP contribution in [0.5, 0.6) is 0 Å². The third-order valence-electron chi connectivity index (χ3n) is 7.17. The molecule has 4 aromatic heterocycles. The highest BCUT2D eigenvalue weighted by atomic mass is 19.4. The number of imidazole rings is 1. The number of allylic oxidation sites excluding steroid dienone is 1. The zero-order chi connectivity index (χ0) is 33.6. The van der Waals surface area contributed by atoms with E-state index < -0.39 is 24.2 Å². The van der Waals surface area contributed by atoms with Crippen molar-refractivity contribution in [2.75, 3.05) is 26.0 Å². The minimum Gasteiger partial charge on any atom is -0.344 e. The summed E-state index contributed by atoms with van der Waals surface area (Å²) in [7, 11) is 5.77. The second-order valence-electron chi connectivity index (χ2n) is 11.1. The molecule has 0 fully saturated rings. The molecule has 0 atom stereocenters. The summed E-state index contributed by atoms with van der Waals surface area (Å²) in [5.74, 6) is -1.21. The van der Waals surface area contributed by atoms with Gasteiger partial charge in [-0.2, -0.15) is 23.3 Å². The number of anilines is 1. The summed E-state index contributed by atoms with van der Waals surface area (Å²) in [5.41, 5.74) is 0.942. The van der Waals surface area contributed by atoms with Gasteiger partial charge in [-0.3, -0.25) is 14.3 Å². The number of unbranched alkanes of at least 4 members (excludes halogenated alkanes) is 3. The molecular formula is C31H33F3N10O3. The van der Waals surface area contributed by atoms with E-state index in [1.165, 1.54) is 29.1 Å². The first kappa shape index (κ1) is 33.0. The molecule has 16 heteroatoms. The van der Waals surface area contributed by atoms with Crippen LogP contribution in [0, 0.1) is 0 Å². The summed E-state index contributed by atoms with van der Waals surface area (Å²) in [4.78, 5) is 42.5. The molecule has 0 saturated carbocycles. The smallest absolute Gasteiger partial charge is 0.344 e. The molecule has 5 rings (SSSR count). The van der Waals surface area contributed by atoms with Crippen LogP contribution < -0.4 is 10.6 Å². The van der Waals surface area contributed by atoms with Crippen molar-refractivity contribution in [2.45, 2.75) is 38.4 Å². The second-order valence-corrected chi connectivity index (χ2v) is 11.1. The highest BCUT2D eigenvalue weighted by Gasteiger charge is 2.34. The number of aryl methyl sites for hydroxylation is 1. The van der Waals surface area contributed by atoms with Gasteiger partial charge in [-0.1, -0.05) is 29.8 Å². The summed E-state index contributed by atoms with van der Waals surface area (Å²) in [6.07, 6.45) is 6.63. The predicted molar refractivity (Wildman–Crippen MR) is 167 cm³/mol. The normalized spacial score (nSPS) is 12.0. The summed E-state index contributed by atoms with van der Waals surface area (Å²) in [6, 6.07) is 5.38. The van der Waals surface area contributed by atoms with Gasteiger partial charge in [0.1, 0.15) is 0 Å². The minimum absolute atomic E-state index is 0.156. The number of pyridine rings is 1. The number of fused-ring (bicyclic) bond motifs is 1. The molecule has 1 aromatic carbocycles. The molecule has 5 aromatic rings. The van der Waals surface area contributed by atoms with E-state index in [1.807, 2.05) is 20.2 Å². The molecule has 0 aliphatic heterocycles. The molecule has 3 N–H and O–H groups in total. The monoisotopic (exact) mass is 650 g/mol. The van der Waals surface area contributed by atoms with Gasteiger partial charge in [0.2, 0.25) is 5.91 Å². The summed E-state index contributed by atoms with van der Waals surface area (Å²) in [5, 5.41) is 13.0. The highest BCUT2D eigenvalue weighted by molar-refractivity contribution is 6.01. The van der Waals surface area contributed by atoms with E-state index >= 15 is 0 Å². The summed E-state index contributed by atoms with van der Waals surface area (Å²) < 4.78 is 48.7. The molecule has 2 amide bonds. The molecule has 0 bridgehead atoms. The quantitative estimate of drug-likeness (QED) is 0.118. The van der Waals surface area contributed by atoms with Crippen LogP contribution in [0.2, 0.25) is 0 Å². The Balaban J connectivity index is 1.35. The molecule has 0 unspecified atom stereocenters. The van der Waals surface area contributed by atoms with Gasteiger partial charge >= 0.3 is 18.0 Å². The molecule has 0 spiro atoms. The Labute approximate surface area is 267 Å². The van der Waals surface area contributed by atoms with Crippen LogP contribution in [0.1, 0.15) is 47.5 Å². The van der Waals surface area contributed by atoms with E-state index in [4.69, 9.17) is 0 Å². The number of halogens is 3. The van der Waals surface area contributed by atoms with Gasteiger partial charge in [-0.05, 0) is 69.2 Å². The number of hydrogen-bond donors (Lipinski definition) is 3. The van der Waals surface area contributed by atoms with E-state index in [0.29, 0.717) is 22.5 Å². The van der Waals surface area contributed by atoms with Crippen LogP contribution in [0.4, 0.5) is 18.9 Å². The lowest BCUT2D eigenvalue weighted by molar-refractivity contribution is -0.138. The lowest BCUT2D eigenvalue weighted by Crippen LogP contribution is -2.24. The van der Waals surface area contributed by atoms with E-state index in [0.717, 1.165) is 44.6 Å². The second kappa shape index (κ2) is 14.4. The Hall–Kier alpha value is -5.38. The van der Waals surface area contributed by atoms with Crippen molar-refractivity contribution in [3.05, 3.63) is 72.2 Å². The maximum absolute atomic E-state index is 14.2. The van der Waals surface area contributed by atoms with Gasteiger partial charge < -0.3 is 25.0 Å². The Bertz CT molecular complexity index is 1880. The summed E-state index contributed by atoms with van der Waals surface area (Å²) >= 11 is 0. The fourth-order valence-electron chi connectivity index (χ4n) is 4.94. The number of nitrogens with zero attached hydrogens (tertiary/aromatic N) is 7. The summed E-state index contributed by atoms with van der Waals surface area (Å²) in [6.45, 7) is 0.606. The first-order chi connectivity index (χ1) is 22.5. The molecule has 0 aliphatic rings. The molecule has 246 valence electrons. The van der Waals surface area contributed by atoms with Crippen LogP contribution in [-0.4, -0.2) is 72.2 Å². The number of hydrogen-bond acceptors (Lipinski definition) is 9.